The van der Waals surface area contributed by atoms with Gasteiger partial charge in [-0.2, -0.15) is 0 Å². The fraction of sp³-hybridized carbons (Fsp3) is 0.267. The Hall–Kier alpha value is -1.79. The first-order valence-corrected chi connectivity index (χ1v) is 7.22. The van der Waals surface area contributed by atoms with Crippen LogP contribution in [0.5, 0.6) is 0 Å². The van der Waals surface area contributed by atoms with Gasteiger partial charge in [-0.1, -0.05) is 18.2 Å². The summed E-state index contributed by atoms with van der Waals surface area (Å²) in [5.41, 5.74) is 1.68. The van der Waals surface area contributed by atoms with Crippen LogP contribution in [0.15, 0.2) is 45.5 Å². The Morgan fingerprint density at radius 1 is 1.33 bits per heavy atom. The Balaban J connectivity index is 2.00. The highest BCUT2D eigenvalue weighted by Gasteiger charge is 2.13. The topological polar surface area (TPSA) is 54.7 Å². The summed E-state index contributed by atoms with van der Waals surface area (Å²) in [6.45, 7) is 0.842. The minimum atomic E-state index is -0.203. The molecule has 0 aliphatic rings. The molecule has 0 saturated carbocycles. The van der Waals surface area contributed by atoms with Crippen LogP contribution in [0.4, 0.5) is 10.5 Å². The summed E-state index contributed by atoms with van der Waals surface area (Å²) in [7, 11) is 3.34. The number of methoxy groups -OCH3 is 1. The number of urea groups is 1. The molecule has 2 rings (SSSR count). The summed E-state index contributed by atoms with van der Waals surface area (Å²) in [5, 5.41) is 2.88. The van der Waals surface area contributed by atoms with Gasteiger partial charge in [0.05, 0.1) is 13.2 Å². The molecule has 21 heavy (non-hydrogen) atoms. The van der Waals surface area contributed by atoms with Crippen molar-refractivity contribution in [2.45, 2.75) is 13.2 Å². The lowest BCUT2D eigenvalue weighted by Gasteiger charge is -2.18. The zero-order valence-electron chi connectivity index (χ0n) is 11.9. The molecule has 2 aromatic rings. The first kappa shape index (κ1) is 15.6. The Morgan fingerprint density at radius 3 is 2.76 bits per heavy atom. The lowest BCUT2D eigenvalue weighted by Crippen LogP contribution is -2.31. The van der Waals surface area contributed by atoms with Gasteiger partial charge in [-0.15, -0.1) is 0 Å². The minimum Gasteiger partial charge on any atom is -0.452 e. The predicted molar refractivity (Wildman–Crippen MR) is 84.0 cm³/mol. The number of amides is 2. The highest BCUT2D eigenvalue weighted by molar-refractivity contribution is 9.10. The van der Waals surface area contributed by atoms with E-state index in [0.717, 1.165) is 11.3 Å². The van der Waals surface area contributed by atoms with Crippen LogP contribution in [0, 0.1) is 0 Å². The second kappa shape index (κ2) is 7.28. The number of halogens is 1. The largest absolute Gasteiger partial charge is 0.452 e. The van der Waals surface area contributed by atoms with E-state index in [0.29, 0.717) is 23.6 Å². The second-order valence-corrected chi connectivity index (χ2v) is 5.36. The first-order valence-electron chi connectivity index (χ1n) is 6.43. The van der Waals surface area contributed by atoms with Gasteiger partial charge in [-0.3, -0.25) is 0 Å². The molecule has 0 spiro atoms. The predicted octanol–water partition coefficient (Wildman–Crippen LogP) is 3.85. The van der Waals surface area contributed by atoms with Crippen LogP contribution in [0.1, 0.15) is 11.3 Å². The molecule has 2 amide bonds. The van der Waals surface area contributed by atoms with Crippen LogP contribution in [0.25, 0.3) is 0 Å². The third-order valence-corrected chi connectivity index (χ3v) is 3.35. The highest BCUT2D eigenvalue weighted by Crippen LogP contribution is 2.18. The van der Waals surface area contributed by atoms with Crippen LogP contribution in [-0.2, 0) is 17.9 Å². The Morgan fingerprint density at radius 2 is 2.10 bits per heavy atom. The number of ether oxygens (including phenoxy) is 1. The van der Waals surface area contributed by atoms with Crippen molar-refractivity contribution in [3.05, 3.63) is 52.4 Å². The third-order valence-electron chi connectivity index (χ3n) is 2.93. The first-order chi connectivity index (χ1) is 10.1. The van der Waals surface area contributed by atoms with Crippen molar-refractivity contribution in [2.75, 3.05) is 19.5 Å². The normalized spacial score (nSPS) is 10.4. The molecule has 0 radical (unpaired) electrons. The molecule has 0 fully saturated rings. The number of anilines is 1. The van der Waals surface area contributed by atoms with Crippen molar-refractivity contribution >= 4 is 27.6 Å². The van der Waals surface area contributed by atoms with E-state index in [4.69, 9.17) is 9.15 Å². The van der Waals surface area contributed by atoms with Crippen molar-refractivity contribution in [1.29, 1.82) is 0 Å². The summed E-state index contributed by atoms with van der Waals surface area (Å²) in [4.78, 5) is 13.8. The van der Waals surface area contributed by atoms with Crippen molar-refractivity contribution in [1.82, 2.24) is 4.90 Å². The number of nitrogens with one attached hydrogen (secondary N) is 1. The van der Waals surface area contributed by atoms with E-state index >= 15 is 0 Å². The fourth-order valence-electron chi connectivity index (χ4n) is 1.88. The summed E-state index contributed by atoms with van der Waals surface area (Å²) < 4.78 is 11.2. The summed E-state index contributed by atoms with van der Waals surface area (Å²) in [5.74, 6) is 0.713. The standard InChI is InChI=1S/C15H17BrN2O3/c1-18(9-12-7-8-14(16)21-12)15(19)17-13-6-4-3-5-11(13)10-20-2/h3-8H,9-10H2,1-2H3,(H,17,19). The molecule has 0 saturated heterocycles. The van der Waals surface area contributed by atoms with Crippen molar-refractivity contribution in [3.63, 3.8) is 0 Å². The monoisotopic (exact) mass is 352 g/mol. The van der Waals surface area contributed by atoms with E-state index in [1.807, 2.05) is 30.3 Å². The minimum absolute atomic E-state index is 0.203. The number of carbonyl (C=O) groups excluding carboxylic acids is 1. The molecule has 0 bridgehead atoms. The smallest absolute Gasteiger partial charge is 0.322 e. The molecule has 1 heterocycles. The van der Waals surface area contributed by atoms with E-state index in [1.165, 1.54) is 0 Å². The van der Waals surface area contributed by atoms with Gasteiger partial charge in [0.2, 0.25) is 0 Å². The molecule has 6 heteroatoms. The Bertz CT molecular complexity index is 612. The molecular weight excluding hydrogens is 336 g/mol. The average Bonchev–Trinajstić information content (AvgIpc) is 2.86. The molecule has 5 nitrogen and oxygen atoms in total. The van der Waals surface area contributed by atoms with Crippen molar-refractivity contribution < 1.29 is 13.9 Å². The molecule has 0 aliphatic heterocycles. The van der Waals surface area contributed by atoms with Crippen LogP contribution in [0.3, 0.4) is 0 Å². The Kier molecular flexibility index (Phi) is 5.41. The second-order valence-electron chi connectivity index (χ2n) is 4.58. The van der Waals surface area contributed by atoms with Gasteiger partial charge >= 0.3 is 6.03 Å². The fourth-order valence-corrected chi connectivity index (χ4v) is 2.22. The van der Waals surface area contributed by atoms with E-state index in [1.54, 1.807) is 25.1 Å². The molecule has 0 aliphatic carbocycles. The quantitative estimate of drug-likeness (QED) is 0.888. The van der Waals surface area contributed by atoms with Gasteiger partial charge in [-0.25, -0.2) is 4.79 Å². The number of furan rings is 1. The van der Waals surface area contributed by atoms with Gasteiger partial charge in [-0.05, 0) is 34.1 Å². The van der Waals surface area contributed by atoms with Gasteiger partial charge < -0.3 is 19.4 Å². The van der Waals surface area contributed by atoms with Crippen LogP contribution >= 0.6 is 15.9 Å². The van der Waals surface area contributed by atoms with E-state index in [2.05, 4.69) is 21.2 Å². The average molecular weight is 353 g/mol. The van der Waals surface area contributed by atoms with E-state index < -0.39 is 0 Å². The molecule has 1 N–H and O–H groups in total. The van der Waals surface area contributed by atoms with Crippen LogP contribution in [-0.4, -0.2) is 25.1 Å². The van der Waals surface area contributed by atoms with Gasteiger partial charge in [0.15, 0.2) is 4.67 Å². The zero-order chi connectivity index (χ0) is 15.2. The number of carbonyl (C=O) groups is 1. The van der Waals surface area contributed by atoms with Gasteiger partial charge in [0.25, 0.3) is 0 Å². The van der Waals surface area contributed by atoms with Crippen LogP contribution in [0.2, 0.25) is 0 Å². The van der Waals surface area contributed by atoms with Crippen molar-refractivity contribution in [2.24, 2.45) is 0 Å². The molecule has 0 atom stereocenters. The number of nitrogens with zero attached hydrogens (tertiary/aromatic N) is 1. The lowest BCUT2D eigenvalue weighted by molar-refractivity contribution is 0.185. The number of hydrogen-bond acceptors (Lipinski definition) is 3. The lowest BCUT2D eigenvalue weighted by atomic mass is 10.2. The summed E-state index contributed by atoms with van der Waals surface area (Å²) in [6.07, 6.45) is 0. The number of para-hydroxylation sites is 1. The molecule has 112 valence electrons. The maximum absolute atomic E-state index is 12.2. The summed E-state index contributed by atoms with van der Waals surface area (Å²) in [6, 6.07) is 11.0. The van der Waals surface area contributed by atoms with Crippen LogP contribution < -0.4 is 5.32 Å². The number of rotatable bonds is 5. The zero-order valence-corrected chi connectivity index (χ0v) is 13.5. The number of benzene rings is 1. The van der Waals surface area contributed by atoms with E-state index in [-0.39, 0.29) is 6.03 Å². The highest BCUT2D eigenvalue weighted by atomic mass is 79.9. The van der Waals surface area contributed by atoms with E-state index in [9.17, 15) is 4.79 Å². The Labute approximate surface area is 132 Å². The summed E-state index contributed by atoms with van der Waals surface area (Å²) >= 11 is 3.24. The maximum Gasteiger partial charge on any atom is 0.322 e. The molecular formula is C15H17BrN2O3. The molecule has 1 aromatic heterocycles. The van der Waals surface area contributed by atoms with Gasteiger partial charge in [0.1, 0.15) is 5.76 Å². The molecule has 0 unspecified atom stereocenters. The SMILES string of the molecule is COCc1ccccc1NC(=O)N(C)Cc1ccc(Br)o1. The third kappa shape index (κ3) is 4.34. The number of hydrogen-bond donors (Lipinski definition) is 1. The molecule has 1 aromatic carbocycles. The maximum atomic E-state index is 12.2. The van der Waals surface area contributed by atoms with Gasteiger partial charge in [0, 0.05) is 25.4 Å². The van der Waals surface area contributed by atoms with Crippen molar-refractivity contribution in [3.8, 4) is 0 Å².